The van der Waals surface area contributed by atoms with Crippen LogP contribution in [0.5, 0.6) is 0 Å². The van der Waals surface area contributed by atoms with Gasteiger partial charge in [-0.15, -0.1) is 0 Å². The van der Waals surface area contributed by atoms with E-state index in [0.717, 1.165) is 18.7 Å². The Hall–Kier alpha value is -2.08. The van der Waals surface area contributed by atoms with Crippen molar-refractivity contribution in [1.82, 2.24) is 10.6 Å². The summed E-state index contributed by atoms with van der Waals surface area (Å²) in [6, 6.07) is 5.73. The lowest BCUT2D eigenvalue weighted by atomic mass is 10.1. The number of nitrogens with zero attached hydrogens (tertiary/aromatic N) is 1. The van der Waals surface area contributed by atoms with Gasteiger partial charge in [0.05, 0.1) is 25.7 Å². The highest BCUT2D eigenvalue weighted by Crippen LogP contribution is 2.24. The number of hydrogen-bond acceptors (Lipinski definition) is 2. The van der Waals surface area contributed by atoms with E-state index in [1.54, 1.807) is 9.80 Å². The number of aryl methyl sites for hydroxylation is 2. The van der Waals surface area contributed by atoms with Crippen LogP contribution in [0.15, 0.2) is 18.2 Å². The molecule has 3 N–H and O–H groups in total. The summed E-state index contributed by atoms with van der Waals surface area (Å²) >= 11 is 0. The number of quaternary nitrogens is 1. The van der Waals surface area contributed by atoms with Gasteiger partial charge in [-0.05, 0) is 49.9 Å². The highest BCUT2D eigenvalue weighted by atomic mass is 16.2. The molecule has 0 bridgehead atoms. The van der Waals surface area contributed by atoms with Crippen molar-refractivity contribution in [3.8, 4) is 0 Å². The lowest BCUT2D eigenvalue weighted by Gasteiger charge is -2.19. The Bertz CT molecular complexity index is 656. The average molecular weight is 390 g/mol. The molecule has 1 aromatic rings. The summed E-state index contributed by atoms with van der Waals surface area (Å²) < 4.78 is 0. The second kappa shape index (κ2) is 11.1. The van der Waals surface area contributed by atoms with Crippen LogP contribution in [0, 0.1) is 13.8 Å². The van der Waals surface area contributed by atoms with Crippen LogP contribution in [0.4, 0.5) is 10.5 Å². The van der Waals surface area contributed by atoms with Crippen LogP contribution in [0.25, 0.3) is 0 Å². The van der Waals surface area contributed by atoms with Crippen LogP contribution in [0.3, 0.4) is 0 Å². The van der Waals surface area contributed by atoms with Gasteiger partial charge in [0.25, 0.3) is 0 Å². The summed E-state index contributed by atoms with van der Waals surface area (Å²) in [4.78, 5) is 27.9. The summed E-state index contributed by atoms with van der Waals surface area (Å²) in [5.41, 5.74) is 3.29. The van der Waals surface area contributed by atoms with Gasteiger partial charge in [0.15, 0.2) is 0 Å². The third-order valence-corrected chi connectivity index (χ3v) is 5.46. The first-order valence-electron chi connectivity index (χ1n) is 10.7. The van der Waals surface area contributed by atoms with Gasteiger partial charge in [-0.25, -0.2) is 4.79 Å². The Balaban J connectivity index is 1.74. The molecule has 0 unspecified atom stereocenters. The lowest BCUT2D eigenvalue weighted by Crippen LogP contribution is -3.12. The predicted molar refractivity (Wildman–Crippen MR) is 114 cm³/mol. The molecule has 1 saturated heterocycles. The van der Waals surface area contributed by atoms with E-state index in [0.29, 0.717) is 19.5 Å². The first kappa shape index (κ1) is 22.2. The second-order valence-electron chi connectivity index (χ2n) is 7.93. The molecule has 6 heteroatoms. The maximum atomic E-state index is 12.4. The summed E-state index contributed by atoms with van der Waals surface area (Å²) in [5.74, 6) is 0.0620. The molecule has 2 rings (SSSR count). The molecular formula is C22H37N4O2+. The molecule has 1 heterocycles. The van der Waals surface area contributed by atoms with Gasteiger partial charge in [0.2, 0.25) is 5.91 Å². The Morgan fingerprint density at radius 1 is 1.14 bits per heavy atom. The Kier molecular flexibility index (Phi) is 8.77. The van der Waals surface area contributed by atoms with Gasteiger partial charge in [0, 0.05) is 31.6 Å². The van der Waals surface area contributed by atoms with Crippen molar-refractivity contribution in [2.45, 2.75) is 59.4 Å². The van der Waals surface area contributed by atoms with Gasteiger partial charge in [-0.1, -0.05) is 19.9 Å². The summed E-state index contributed by atoms with van der Waals surface area (Å²) in [6.45, 7) is 13.2. The Labute approximate surface area is 169 Å². The van der Waals surface area contributed by atoms with Crippen LogP contribution in [0.2, 0.25) is 0 Å². The number of carbonyl (C=O) groups is 2. The molecule has 0 saturated carbocycles. The molecule has 0 aliphatic carbocycles. The van der Waals surface area contributed by atoms with Crippen LogP contribution in [0.1, 0.15) is 50.7 Å². The van der Waals surface area contributed by atoms with E-state index >= 15 is 0 Å². The van der Waals surface area contributed by atoms with Crippen molar-refractivity contribution in [1.29, 1.82) is 0 Å². The van der Waals surface area contributed by atoms with Crippen molar-refractivity contribution in [3.05, 3.63) is 29.3 Å². The maximum absolute atomic E-state index is 12.4. The number of benzene rings is 1. The monoisotopic (exact) mass is 389 g/mol. The molecule has 0 spiro atoms. The van der Waals surface area contributed by atoms with Gasteiger partial charge < -0.3 is 20.4 Å². The quantitative estimate of drug-likeness (QED) is 0.534. The summed E-state index contributed by atoms with van der Waals surface area (Å²) in [7, 11) is 0. The van der Waals surface area contributed by atoms with Crippen molar-refractivity contribution in [2.24, 2.45) is 0 Å². The minimum Gasteiger partial charge on any atom is -0.338 e. The molecule has 1 atom stereocenters. The van der Waals surface area contributed by atoms with Crippen LogP contribution >= 0.6 is 0 Å². The highest BCUT2D eigenvalue weighted by Gasteiger charge is 2.31. The van der Waals surface area contributed by atoms with Gasteiger partial charge in [-0.2, -0.15) is 0 Å². The molecule has 1 aromatic carbocycles. The number of anilines is 1. The standard InChI is InChI=1S/C22H36N4O2/c1-5-11-25(12-6-2)13-7-10-23-22(28)24-19-15-21(27)26(16-19)20-9-8-17(3)18(4)14-20/h8-9,14,19H,5-7,10-13,15-16H2,1-4H3,(H2,23,24,28)/p+1/t19-/m0/s1. The third-order valence-electron chi connectivity index (χ3n) is 5.46. The van der Waals surface area contributed by atoms with E-state index in [-0.39, 0.29) is 18.0 Å². The number of hydrogen-bond donors (Lipinski definition) is 3. The van der Waals surface area contributed by atoms with E-state index in [9.17, 15) is 9.59 Å². The molecule has 0 radical (unpaired) electrons. The van der Waals surface area contributed by atoms with Crippen LogP contribution in [-0.4, -0.2) is 50.7 Å². The smallest absolute Gasteiger partial charge is 0.315 e. The number of rotatable bonds is 10. The molecular weight excluding hydrogens is 352 g/mol. The zero-order valence-corrected chi connectivity index (χ0v) is 17.9. The van der Waals surface area contributed by atoms with Crippen molar-refractivity contribution in [3.63, 3.8) is 0 Å². The Morgan fingerprint density at radius 2 is 1.86 bits per heavy atom. The first-order chi connectivity index (χ1) is 13.4. The maximum Gasteiger partial charge on any atom is 0.315 e. The topological polar surface area (TPSA) is 65.9 Å². The average Bonchev–Trinajstić information content (AvgIpc) is 3.01. The number of carbonyl (C=O) groups excluding carboxylic acids is 2. The minimum absolute atomic E-state index is 0.0620. The zero-order chi connectivity index (χ0) is 20.5. The van der Waals surface area contributed by atoms with Gasteiger partial charge in [0.1, 0.15) is 0 Å². The van der Waals surface area contributed by atoms with Gasteiger partial charge >= 0.3 is 6.03 Å². The molecule has 6 nitrogen and oxygen atoms in total. The minimum atomic E-state index is -0.174. The number of nitrogens with one attached hydrogen (secondary N) is 3. The summed E-state index contributed by atoms with van der Waals surface area (Å²) in [5, 5.41) is 5.90. The van der Waals surface area contributed by atoms with Gasteiger partial charge in [-0.3, -0.25) is 4.79 Å². The van der Waals surface area contributed by atoms with E-state index in [4.69, 9.17) is 0 Å². The van der Waals surface area contributed by atoms with E-state index in [2.05, 4.69) is 31.4 Å². The fourth-order valence-electron chi connectivity index (χ4n) is 3.81. The zero-order valence-electron chi connectivity index (χ0n) is 17.9. The fourth-order valence-corrected chi connectivity index (χ4v) is 3.81. The SMILES string of the molecule is CCC[NH+](CCC)CCCNC(=O)N[C@H]1CC(=O)N(c2ccc(C)c(C)c2)C1. The molecule has 156 valence electrons. The van der Waals surface area contributed by atoms with Crippen LogP contribution < -0.4 is 20.4 Å². The van der Waals surface area contributed by atoms with Crippen molar-refractivity contribution in [2.75, 3.05) is 37.6 Å². The summed E-state index contributed by atoms with van der Waals surface area (Å²) in [6.07, 6.45) is 3.71. The molecule has 1 aliphatic rings. The van der Waals surface area contributed by atoms with Crippen LogP contribution in [-0.2, 0) is 4.79 Å². The first-order valence-corrected chi connectivity index (χ1v) is 10.7. The Morgan fingerprint density at radius 3 is 2.50 bits per heavy atom. The fraction of sp³-hybridized carbons (Fsp3) is 0.636. The molecule has 28 heavy (non-hydrogen) atoms. The number of urea groups is 1. The molecule has 0 aromatic heterocycles. The molecule has 3 amide bonds. The molecule has 1 fully saturated rings. The number of amides is 3. The van der Waals surface area contributed by atoms with E-state index < -0.39 is 0 Å². The highest BCUT2D eigenvalue weighted by molar-refractivity contribution is 5.96. The van der Waals surface area contributed by atoms with E-state index in [1.807, 2.05) is 25.1 Å². The molecule has 1 aliphatic heterocycles. The third kappa shape index (κ3) is 6.51. The predicted octanol–water partition coefficient (Wildman–Crippen LogP) is 1.80. The second-order valence-corrected chi connectivity index (χ2v) is 7.93. The lowest BCUT2D eigenvalue weighted by molar-refractivity contribution is -0.900. The van der Waals surface area contributed by atoms with E-state index in [1.165, 1.54) is 37.1 Å². The largest absolute Gasteiger partial charge is 0.338 e. The normalized spacial score (nSPS) is 16.7. The van der Waals surface area contributed by atoms with Crippen molar-refractivity contribution >= 4 is 17.6 Å². The van der Waals surface area contributed by atoms with Crippen molar-refractivity contribution < 1.29 is 14.5 Å².